The van der Waals surface area contributed by atoms with E-state index in [4.69, 9.17) is 5.73 Å². The van der Waals surface area contributed by atoms with Crippen LogP contribution in [0.25, 0.3) is 0 Å². The van der Waals surface area contributed by atoms with E-state index in [1.54, 1.807) is 0 Å². The first-order valence-electron chi connectivity index (χ1n) is 6.35. The highest BCUT2D eigenvalue weighted by atomic mass is 79.9. The van der Waals surface area contributed by atoms with Gasteiger partial charge in [-0.2, -0.15) is 5.10 Å². The van der Waals surface area contributed by atoms with Crippen molar-refractivity contribution in [2.45, 2.75) is 25.4 Å². The summed E-state index contributed by atoms with van der Waals surface area (Å²) in [5, 5.41) is 7.19. The lowest BCUT2D eigenvalue weighted by Crippen LogP contribution is -2.33. The molecule has 3 N–H and O–H groups in total. The van der Waals surface area contributed by atoms with Gasteiger partial charge < -0.3 is 15.8 Å². The van der Waals surface area contributed by atoms with Gasteiger partial charge in [-0.3, -0.25) is 9.59 Å². The molecule has 0 bridgehead atoms. The lowest BCUT2D eigenvalue weighted by Gasteiger charge is -2.18. The first-order chi connectivity index (χ1) is 9.56. The van der Waals surface area contributed by atoms with Crippen LogP contribution in [0.5, 0.6) is 0 Å². The fourth-order valence-electron chi connectivity index (χ4n) is 1.93. The van der Waals surface area contributed by atoms with Crippen molar-refractivity contribution in [1.82, 2.24) is 9.78 Å². The minimum atomic E-state index is -0.523. The molecular weight excluding hydrogens is 328 g/mol. The number of carbonyl (C=O) groups is 1. The van der Waals surface area contributed by atoms with Gasteiger partial charge in [0.15, 0.2) is 0 Å². The molecule has 1 heterocycles. The lowest BCUT2D eigenvalue weighted by atomic mass is 10.2. The van der Waals surface area contributed by atoms with E-state index in [-0.39, 0.29) is 18.1 Å². The minimum absolute atomic E-state index is 0.143. The second-order valence-corrected chi connectivity index (χ2v) is 5.53. The summed E-state index contributed by atoms with van der Waals surface area (Å²) in [6, 6.07) is 0.143. The first-order valence-corrected chi connectivity index (χ1v) is 7.15. The molecule has 7 nitrogen and oxygen atoms in total. The number of aromatic nitrogens is 2. The van der Waals surface area contributed by atoms with E-state index in [1.165, 1.54) is 13.3 Å². The quantitative estimate of drug-likeness (QED) is 0.721. The van der Waals surface area contributed by atoms with Crippen molar-refractivity contribution in [1.29, 1.82) is 0 Å². The summed E-state index contributed by atoms with van der Waals surface area (Å²) >= 11 is 3.24. The van der Waals surface area contributed by atoms with Gasteiger partial charge in [0.2, 0.25) is 0 Å². The predicted octanol–water partition coefficient (Wildman–Crippen LogP) is 0.328. The topological polar surface area (TPSA) is 99.2 Å². The molecule has 1 aliphatic carbocycles. The number of methoxy groups -OCH3 is 1. The number of rotatable bonds is 6. The molecule has 1 aliphatic rings. The van der Waals surface area contributed by atoms with Crippen LogP contribution in [0.1, 0.15) is 12.8 Å². The Hall–Kier alpha value is -1.41. The zero-order chi connectivity index (χ0) is 14.7. The third-order valence-electron chi connectivity index (χ3n) is 3.28. The number of ether oxygens (including phenoxy) is 1. The number of hydrogen-bond donors (Lipinski definition) is 2. The number of hydrogen-bond acceptors (Lipinski definition) is 6. The van der Waals surface area contributed by atoms with Crippen molar-refractivity contribution in [3.63, 3.8) is 0 Å². The Morgan fingerprint density at radius 3 is 2.95 bits per heavy atom. The molecule has 1 fully saturated rings. The minimum Gasteiger partial charge on any atom is -0.468 e. The zero-order valence-corrected chi connectivity index (χ0v) is 12.7. The predicted molar refractivity (Wildman–Crippen MR) is 77.4 cm³/mol. The van der Waals surface area contributed by atoms with Gasteiger partial charge in [-0.25, -0.2) is 4.68 Å². The maximum atomic E-state index is 12.1. The molecule has 1 saturated carbocycles. The molecule has 1 atom stereocenters. The average Bonchev–Trinajstić information content (AvgIpc) is 3.27. The van der Waals surface area contributed by atoms with E-state index in [2.05, 4.69) is 31.1 Å². The van der Waals surface area contributed by atoms with Crippen LogP contribution in [-0.4, -0.2) is 35.4 Å². The number of anilines is 1. The fourth-order valence-corrected chi connectivity index (χ4v) is 2.35. The van der Waals surface area contributed by atoms with Crippen molar-refractivity contribution < 1.29 is 9.53 Å². The van der Waals surface area contributed by atoms with Crippen molar-refractivity contribution >= 4 is 27.6 Å². The van der Waals surface area contributed by atoms with E-state index in [0.717, 1.165) is 17.5 Å². The molecule has 0 aromatic carbocycles. The molecule has 110 valence electrons. The summed E-state index contributed by atoms with van der Waals surface area (Å²) in [5.41, 5.74) is 5.93. The normalized spacial score (nSPS) is 15.8. The number of nitrogens with zero attached hydrogens (tertiary/aromatic N) is 2. The third kappa shape index (κ3) is 3.37. The summed E-state index contributed by atoms with van der Waals surface area (Å²) in [6.07, 6.45) is 3.82. The van der Waals surface area contributed by atoms with Crippen molar-refractivity contribution in [3.8, 4) is 0 Å². The van der Waals surface area contributed by atoms with E-state index in [0.29, 0.717) is 22.6 Å². The Morgan fingerprint density at radius 1 is 1.70 bits per heavy atom. The summed E-state index contributed by atoms with van der Waals surface area (Å²) in [7, 11) is 1.26. The summed E-state index contributed by atoms with van der Waals surface area (Å²) in [5.74, 6) is 0.0365. The Morgan fingerprint density at radius 2 is 2.40 bits per heavy atom. The molecule has 2 rings (SSSR count). The van der Waals surface area contributed by atoms with Gasteiger partial charge in [0.25, 0.3) is 5.56 Å². The molecule has 0 aliphatic heterocycles. The Bertz CT molecular complexity index is 556. The lowest BCUT2D eigenvalue weighted by molar-refractivity contribution is -0.141. The van der Waals surface area contributed by atoms with Crippen LogP contribution in [-0.2, 0) is 16.1 Å². The van der Waals surface area contributed by atoms with Crippen LogP contribution in [0.3, 0.4) is 0 Å². The Kier molecular flexibility index (Phi) is 4.77. The smallest absolute Gasteiger partial charge is 0.327 e. The van der Waals surface area contributed by atoms with Gasteiger partial charge >= 0.3 is 5.97 Å². The molecule has 0 saturated heterocycles. The van der Waals surface area contributed by atoms with Crippen LogP contribution < -0.4 is 16.6 Å². The van der Waals surface area contributed by atoms with Gasteiger partial charge in [-0.05, 0) is 34.7 Å². The standard InChI is InChI=1S/C12H17BrN4O3/c1-20-10(18)6-17-12(19)11(13)9(5-15-17)16-8(4-14)7-2-3-7/h5,7-8,16H,2-4,6,14H2,1H3. The maximum absolute atomic E-state index is 12.1. The number of carbonyl (C=O) groups excluding carboxylic acids is 1. The van der Waals surface area contributed by atoms with Crippen LogP contribution in [0.4, 0.5) is 5.69 Å². The van der Waals surface area contributed by atoms with E-state index in [1.807, 2.05) is 0 Å². The number of halogens is 1. The number of nitrogens with two attached hydrogens (primary N) is 1. The van der Waals surface area contributed by atoms with E-state index < -0.39 is 5.97 Å². The molecule has 1 aromatic heterocycles. The van der Waals surface area contributed by atoms with Gasteiger partial charge in [0.05, 0.1) is 19.0 Å². The van der Waals surface area contributed by atoms with Crippen molar-refractivity contribution in [2.75, 3.05) is 19.0 Å². The molecule has 0 amide bonds. The van der Waals surface area contributed by atoms with Crippen molar-refractivity contribution in [3.05, 3.63) is 21.0 Å². The van der Waals surface area contributed by atoms with Crippen LogP contribution in [0.15, 0.2) is 15.5 Å². The molecular formula is C12H17BrN4O3. The molecule has 1 unspecified atom stereocenters. The summed E-state index contributed by atoms with van der Waals surface area (Å²) in [4.78, 5) is 23.3. The largest absolute Gasteiger partial charge is 0.468 e. The van der Waals surface area contributed by atoms with Crippen LogP contribution in [0, 0.1) is 5.92 Å². The Balaban J connectivity index is 2.17. The van der Waals surface area contributed by atoms with Gasteiger partial charge in [-0.1, -0.05) is 0 Å². The first kappa shape index (κ1) is 15.0. The van der Waals surface area contributed by atoms with Gasteiger partial charge in [0, 0.05) is 12.6 Å². The SMILES string of the molecule is COC(=O)Cn1ncc(NC(CN)C2CC2)c(Br)c1=O. The highest BCUT2D eigenvalue weighted by Crippen LogP contribution is 2.34. The number of nitrogens with one attached hydrogen (secondary N) is 1. The van der Waals surface area contributed by atoms with Crippen LogP contribution >= 0.6 is 15.9 Å². The van der Waals surface area contributed by atoms with E-state index in [9.17, 15) is 9.59 Å². The molecule has 8 heteroatoms. The molecule has 20 heavy (non-hydrogen) atoms. The molecule has 0 radical (unpaired) electrons. The van der Waals surface area contributed by atoms with Gasteiger partial charge in [0.1, 0.15) is 11.0 Å². The molecule has 1 aromatic rings. The summed E-state index contributed by atoms with van der Waals surface area (Å²) < 4.78 is 5.91. The fraction of sp³-hybridized carbons (Fsp3) is 0.583. The average molecular weight is 345 g/mol. The highest BCUT2D eigenvalue weighted by molar-refractivity contribution is 9.10. The second-order valence-electron chi connectivity index (χ2n) is 4.74. The number of esters is 1. The van der Waals surface area contributed by atoms with Crippen LogP contribution in [0.2, 0.25) is 0 Å². The van der Waals surface area contributed by atoms with E-state index >= 15 is 0 Å². The van der Waals surface area contributed by atoms with Crippen molar-refractivity contribution in [2.24, 2.45) is 11.7 Å². The third-order valence-corrected chi connectivity index (χ3v) is 4.04. The molecule has 0 spiro atoms. The van der Waals surface area contributed by atoms with Gasteiger partial charge in [-0.15, -0.1) is 0 Å². The Labute approximate surface area is 124 Å². The monoisotopic (exact) mass is 344 g/mol. The highest BCUT2D eigenvalue weighted by Gasteiger charge is 2.30. The maximum Gasteiger partial charge on any atom is 0.327 e. The second kappa shape index (κ2) is 6.36. The zero-order valence-electron chi connectivity index (χ0n) is 11.1. The summed E-state index contributed by atoms with van der Waals surface area (Å²) in [6.45, 7) is 0.291.